The van der Waals surface area contributed by atoms with Crippen LogP contribution in [0.25, 0.3) is 0 Å². The number of hydrogen-bond donors (Lipinski definition) is 1. The third-order valence-corrected chi connectivity index (χ3v) is 5.33. The van der Waals surface area contributed by atoms with Gasteiger partial charge >= 0.3 is 0 Å². The molecule has 0 aliphatic carbocycles. The number of sulfonamides is 1. The Morgan fingerprint density at radius 1 is 1.15 bits per heavy atom. The zero-order valence-electron chi connectivity index (χ0n) is 10.7. The number of piperidine rings is 1. The molecule has 1 aromatic rings. The number of rotatable bonds is 2. The molecule has 112 valence electrons. The maximum atomic E-state index is 13.6. The lowest BCUT2D eigenvalue weighted by molar-refractivity contribution is 0.0125. The molecule has 1 aliphatic heterocycles. The first-order valence-corrected chi connectivity index (χ1v) is 7.45. The summed E-state index contributed by atoms with van der Waals surface area (Å²) in [7, 11) is -4.24. The predicted octanol–water partition coefficient (Wildman–Crippen LogP) is 1.64. The van der Waals surface area contributed by atoms with Crippen LogP contribution in [0.15, 0.2) is 17.0 Å². The van der Waals surface area contributed by atoms with Crippen molar-refractivity contribution in [3.05, 3.63) is 29.6 Å². The van der Waals surface area contributed by atoms with Crippen LogP contribution in [-0.4, -0.2) is 36.5 Å². The molecular weight excluding hydrogens is 295 g/mol. The van der Waals surface area contributed by atoms with Gasteiger partial charge in [0.1, 0.15) is 4.90 Å². The Kier molecular flexibility index (Phi) is 3.83. The Morgan fingerprint density at radius 2 is 1.70 bits per heavy atom. The van der Waals surface area contributed by atoms with Crippen molar-refractivity contribution >= 4 is 10.0 Å². The van der Waals surface area contributed by atoms with Crippen molar-refractivity contribution in [1.82, 2.24) is 4.31 Å². The van der Waals surface area contributed by atoms with E-state index >= 15 is 0 Å². The fourth-order valence-corrected chi connectivity index (χ4v) is 3.55. The fourth-order valence-electron chi connectivity index (χ4n) is 2.05. The molecule has 0 radical (unpaired) electrons. The molecule has 0 atom stereocenters. The van der Waals surface area contributed by atoms with Gasteiger partial charge in [-0.2, -0.15) is 4.31 Å². The summed E-state index contributed by atoms with van der Waals surface area (Å²) in [5.74, 6) is -4.97. The van der Waals surface area contributed by atoms with Gasteiger partial charge in [0.15, 0.2) is 17.5 Å². The highest BCUT2D eigenvalue weighted by Crippen LogP contribution is 2.28. The maximum Gasteiger partial charge on any atom is 0.246 e. The van der Waals surface area contributed by atoms with E-state index in [9.17, 15) is 26.7 Å². The van der Waals surface area contributed by atoms with E-state index in [4.69, 9.17) is 0 Å². The second-order valence-electron chi connectivity index (χ2n) is 5.07. The fraction of sp³-hybridized carbons (Fsp3) is 0.500. The molecule has 20 heavy (non-hydrogen) atoms. The van der Waals surface area contributed by atoms with Gasteiger partial charge in [-0.15, -0.1) is 0 Å². The largest absolute Gasteiger partial charge is 0.390 e. The van der Waals surface area contributed by atoms with Crippen molar-refractivity contribution in [2.75, 3.05) is 13.1 Å². The van der Waals surface area contributed by atoms with E-state index in [1.807, 2.05) is 0 Å². The minimum atomic E-state index is -4.24. The van der Waals surface area contributed by atoms with E-state index in [-0.39, 0.29) is 25.9 Å². The summed E-state index contributed by atoms with van der Waals surface area (Å²) in [4.78, 5) is -0.891. The summed E-state index contributed by atoms with van der Waals surface area (Å²) in [6, 6.07) is 1.28. The molecule has 0 saturated carbocycles. The van der Waals surface area contributed by atoms with Crippen molar-refractivity contribution in [3.63, 3.8) is 0 Å². The Bertz CT molecular complexity index is 621. The van der Waals surface area contributed by atoms with Crippen molar-refractivity contribution in [3.8, 4) is 0 Å². The zero-order valence-corrected chi connectivity index (χ0v) is 11.6. The highest BCUT2D eigenvalue weighted by atomic mass is 32.2. The van der Waals surface area contributed by atoms with Crippen LogP contribution in [0.4, 0.5) is 13.2 Å². The molecule has 1 aromatic carbocycles. The quantitative estimate of drug-likeness (QED) is 0.845. The van der Waals surface area contributed by atoms with Crippen molar-refractivity contribution in [2.45, 2.75) is 30.3 Å². The van der Waals surface area contributed by atoms with Crippen LogP contribution < -0.4 is 0 Å². The SMILES string of the molecule is CC1(O)CCN(S(=O)(=O)c2ccc(F)c(F)c2F)CC1. The third kappa shape index (κ3) is 2.68. The molecule has 2 rings (SSSR count). The summed E-state index contributed by atoms with van der Waals surface area (Å²) in [6.07, 6.45) is 0.384. The van der Waals surface area contributed by atoms with Gasteiger partial charge < -0.3 is 5.11 Å². The summed E-state index contributed by atoms with van der Waals surface area (Å²) >= 11 is 0. The zero-order chi connectivity index (χ0) is 15.1. The van der Waals surface area contributed by atoms with Crippen LogP contribution >= 0.6 is 0 Å². The molecule has 1 fully saturated rings. The van der Waals surface area contributed by atoms with Gasteiger partial charge in [-0.3, -0.25) is 0 Å². The lowest BCUT2D eigenvalue weighted by Gasteiger charge is -2.34. The standard InChI is InChI=1S/C12H14F3NO3S/c1-12(17)4-6-16(7-5-12)20(18,19)9-3-2-8(13)10(14)11(9)15/h2-3,17H,4-7H2,1H3. The van der Waals surface area contributed by atoms with E-state index in [1.165, 1.54) is 0 Å². The summed E-state index contributed by atoms with van der Waals surface area (Å²) in [5.41, 5.74) is -0.974. The average Bonchev–Trinajstić information content (AvgIpc) is 2.35. The molecule has 1 heterocycles. The van der Waals surface area contributed by atoms with Gasteiger partial charge in [0.2, 0.25) is 10.0 Å². The van der Waals surface area contributed by atoms with E-state index in [0.717, 1.165) is 4.31 Å². The molecule has 0 aromatic heterocycles. The lowest BCUT2D eigenvalue weighted by Crippen LogP contribution is -2.45. The number of hydrogen-bond acceptors (Lipinski definition) is 3. The molecule has 1 saturated heterocycles. The van der Waals surface area contributed by atoms with E-state index in [0.29, 0.717) is 12.1 Å². The van der Waals surface area contributed by atoms with Crippen LogP contribution in [0.1, 0.15) is 19.8 Å². The first kappa shape index (κ1) is 15.3. The van der Waals surface area contributed by atoms with Crippen molar-refractivity contribution in [2.24, 2.45) is 0 Å². The third-order valence-electron chi connectivity index (χ3n) is 3.42. The molecular formula is C12H14F3NO3S. The number of nitrogens with zero attached hydrogens (tertiary/aromatic N) is 1. The molecule has 0 spiro atoms. The van der Waals surface area contributed by atoms with Crippen LogP contribution in [0, 0.1) is 17.5 Å². The minimum absolute atomic E-state index is 0.00618. The second kappa shape index (κ2) is 5.01. The molecule has 4 nitrogen and oxygen atoms in total. The van der Waals surface area contributed by atoms with Gasteiger partial charge in [-0.1, -0.05) is 0 Å². The predicted molar refractivity (Wildman–Crippen MR) is 64.9 cm³/mol. The van der Waals surface area contributed by atoms with Gasteiger partial charge in [0, 0.05) is 13.1 Å². The summed E-state index contributed by atoms with van der Waals surface area (Å²) < 4.78 is 64.9. The molecule has 0 unspecified atom stereocenters. The Morgan fingerprint density at radius 3 is 2.25 bits per heavy atom. The van der Waals surface area contributed by atoms with Crippen molar-refractivity contribution in [1.29, 1.82) is 0 Å². The highest BCUT2D eigenvalue weighted by molar-refractivity contribution is 7.89. The topological polar surface area (TPSA) is 57.6 Å². The normalized spacial score (nSPS) is 20.1. The van der Waals surface area contributed by atoms with Gasteiger partial charge in [0.05, 0.1) is 5.60 Å². The smallest absolute Gasteiger partial charge is 0.246 e. The number of benzene rings is 1. The summed E-state index contributed by atoms with van der Waals surface area (Å²) in [5, 5.41) is 9.76. The first-order chi connectivity index (χ1) is 9.15. The number of aliphatic hydroxyl groups is 1. The van der Waals surface area contributed by atoms with Crippen molar-refractivity contribution < 1.29 is 26.7 Å². The molecule has 8 heteroatoms. The Balaban J connectivity index is 2.35. The van der Waals surface area contributed by atoms with Crippen LogP contribution in [0.2, 0.25) is 0 Å². The first-order valence-electron chi connectivity index (χ1n) is 6.01. The molecule has 0 amide bonds. The highest BCUT2D eigenvalue weighted by Gasteiger charge is 2.36. The maximum absolute atomic E-state index is 13.6. The molecule has 1 aliphatic rings. The van der Waals surface area contributed by atoms with Gasteiger partial charge in [-0.05, 0) is 31.9 Å². The Labute approximate surface area is 114 Å². The Hall–Kier alpha value is -1.12. The van der Waals surface area contributed by atoms with Crippen LogP contribution in [0.3, 0.4) is 0 Å². The monoisotopic (exact) mass is 309 g/mol. The van der Waals surface area contributed by atoms with E-state index in [2.05, 4.69) is 0 Å². The molecule has 1 N–H and O–H groups in total. The lowest BCUT2D eigenvalue weighted by atomic mass is 9.95. The minimum Gasteiger partial charge on any atom is -0.390 e. The second-order valence-corrected chi connectivity index (χ2v) is 6.98. The van der Waals surface area contributed by atoms with E-state index in [1.54, 1.807) is 6.92 Å². The van der Waals surface area contributed by atoms with Crippen LogP contribution in [-0.2, 0) is 10.0 Å². The van der Waals surface area contributed by atoms with Gasteiger partial charge in [0.25, 0.3) is 0 Å². The number of halogens is 3. The van der Waals surface area contributed by atoms with Crippen LogP contribution in [0.5, 0.6) is 0 Å². The average molecular weight is 309 g/mol. The molecule has 0 bridgehead atoms. The van der Waals surface area contributed by atoms with E-state index < -0.39 is 38.0 Å². The van der Waals surface area contributed by atoms with Gasteiger partial charge in [-0.25, -0.2) is 21.6 Å². The summed E-state index contributed by atoms with van der Waals surface area (Å²) in [6.45, 7) is 1.57.